The molecule has 0 aliphatic carbocycles. The van der Waals surface area contributed by atoms with Crippen molar-refractivity contribution in [1.29, 1.82) is 0 Å². The first-order valence-electron chi connectivity index (χ1n) is 7.60. The molecule has 0 saturated carbocycles. The second-order valence-electron chi connectivity index (χ2n) is 5.80. The smallest absolute Gasteiger partial charge is 0.142 e. The van der Waals surface area contributed by atoms with Gasteiger partial charge < -0.3 is 9.64 Å². The number of benzene rings is 1. The highest BCUT2D eigenvalue weighted by atomic mass is 35.5. The van der Waals surface area contributed by atoms with Gasteiger partial charge >= 0.3 is 0 Å². The third kappa shape index (κ3) is 2.89. The first-order chi connectivity index (χ1) is 9.78. The zero-order chi connectivity index (χ0) is 13.9. The summed E-state index contributed by atoms with van der Waals surface area (Å²) in [5.74, 6) is 0.929. The van der Waals surface area contributed by atoms with E-state index in [1.54, 1.807) is 7.11 Å². The topological polar surface area (TPSA) is 15.7 Å². The lowest BCUT2D eigenvalue weighted by Crippen LogP contribution is -2.44. The summed E-state index contributed by atoms with van der Waals surface area (Å²) in [5.41, 5.74) is 1.15. The molecule has 1 atom stereocenters. The molecule has 0 amide bonds. The molecule has 1 unspecified atom stereocenters. The van der Waals surface area contributed by atoms with Crippen molar-refractivity contribution in [1.82, 2.24) is 4.90 Å². The number of ether oxygens (including phenoxy) is 1. The number of halogens is 1. The van der Waals surface area contributed by atoms with E-state index >= 15 is 0 Å². The van der Waals surface area contributed by atoms with E-state index in [1.807, 2.05) is 18.2 Å². The van der Waals surface area contributed by atoms with E-state index in [0.29, 0.717) is 6.04 Å². The average Bonchev–Trinajstić information content (AvgIpc) is 2.69. The van der Waals surface area contributed by atoms with Crippen LogP contribution in [0.2, 0.25) is 5.02 Å². The largest absolute Gasteiger partial charge is 0.495 e. The normalized spacial score (nSPS) is 24.1. The number of rotatable bonds is 2. The van der Waals surface area contributed by atoms with Crippen LogP contribution in [0.5, 0.6) is 5.75 Å². The summed E-state index contributed by atoms with van der Waals surface area (Å²) in [4.78, 5) is 5.13. The van der Waals surface area contributed by atoms with Gasteiger partial charge in [0, 0.05) is 30.7 Å². The van der Waals surface area contributed by atoms with Crippen LogP contribution >= 0.6 is 11.6 Å². The Balaban J connectivity index is 1.84. The zero-order valence-electron chi connectivity index (χ0n) is 12.1. The maximum absolute atomic E-state index is 6.18. The summed E-state index contributed by atoms with van der Waals surface area (Å²) in [7, 11) is 1.73. The van der Waals surface area contributed by atoms with E-state index < -0.39 is 0 Å². The number of hydrogen-bond acceptors (Lipinski definition) is 3. The molecule has 0 aromatic heterocycles. The van der Waals surface area contributed by atoms with Gasteiger partial charge in [-0.2, -0.15) is 0 Å². The summed E-state index contributed by atoms with van der Waals surface area (Å²) in [6, 6.07) is 6.60. The molecule has 2 fully saturated rings. The van der Waals surface area contributed by atoms with E-state index in [0.717, 1.165) is 29.5 Å². The molecule has 0 N–H and O–H groups in total. The Bertz CT molecular complexity index is 466. The lowest BCUT2D eigenvalue weighted by atomic mass is 10.0. The summed E-state index contributed by atoms with van der Waals surface area (Å²) in [6.45, 7) is 4.68. The summed E-state index contributed by atoms with van der Waals surface area (Å²) in [5, 5.41) is 0.783. The highest BCUT2D eigenvalue weighted by Crippen LogP contribution is 2.33. The van der Waals surface area contributed by atoms with Gasteiger partial charge in [0.15, 0.2) is 0 Å². The number of hydrogen-bond donors (Lipinski definition) is 0. The predicted molar refractivity (Wildman–Crippen MR) is 84.0 cm³/mol. The van der Waals surface area contributed by atoms with Crippen molar-refractivity contribution in [3.8, 4) is 5.75 Å². The Morgan fingerprint density at radius 3 is 2.85 bits per heavy atom. The number of methoxy groups -OCH3 is 1. The Morgan fingerprint density at radius 2 is 2.00 bits per heavy atom. The van der Waals surface area contributed by atoms with Crippen molar-refractivity contribution in [2.45, 2.75) is 31.7 Å². The van der Waals surface area contributed by atoms with Crippen molar-refractivity contribution in [3.05, 3.63) is 23.2 Å². The third-order valence-electron chi connectivity index (χ3n) is 4.54. The van der Waals surface area contributed by atoms with Crippen molar-refractivity contribution in [2.75, 3.05) is 38.2 Å². The zero-order valence-corrected chi connectivity index (χ0v) is 12.9. The first-order valence-corrected chi connectivity index (χ1v) is 7.98. The van der Waals surface area contributed by atoms with Gasteiger partial charge in [0.05, 0.1) is 12.8 Å². The molecule has 2 heterocycles. The molecule has 4 heteroatoms. The minimum absolute atomic E-state index is 0.690. The van der Waals surface area contributed by atoms with Crippen LogP contribution in [0.3, 0.4) is 0 Å². The minimum atomic E-state index is 0.690. The monoisotopic (exact) mass is 294 g/mol. The average molecular weight is 295 g/mol. The van der Waals surface area contributed by atoms with Crippen LogP contribution < -0.4 is 9.64 Å². The lowest BCUT2D eigenvalue weighted by Gasteiger charge is -2.36. The van der Waals surface area contributed by atoms with Gasteiger partial charge in [-0.3, -0.25) is 4.90 Å². The molecule has 1 aromatic rings. The van der Waals surface area contributed by atoms with E-state index in [2.05, 4.69) is 9.80 Å². The highest BCUT2D eigenvalue weighted by molar-refractivity contribution is 6.30. The van der Waals surface area contributed by atoms with Crippen LogP contribution in [0, 0.1) is 0 Å². The standard InChI is InChI=1S/C16H23ClN2O/c1-20-16-7-6-13(17)11-15(16)19-10-4-9-18-8-3-2-5-14(18)12-19/h6-7,11,14H,2-5,8-10,12H2,1H3. The molecule has 20 heavy (non-hydrogen) atoms. The van der Waals surface area contributed by atoms with E-state index in [4.69, 9.17) is 16.3 Å². The second kappa shape index (κ2) is 6.23. The maximum Gasteiger partial charge on any atom is 0.142 e. The molecule has 1 aromatic carbocycles. The predicted octanol–water partition coefficient (Wildman–Crippen LogP) is 3.41. The lowest BCUT2D eigenvalue weighted by molar-refractivity contribution is 0.162. The minimum Gasteiger partial charge on any atom is -0.495 e. The van der Waals surface area contributed by atoms with Crippen molar-refractivity contribution in [2.24, 2.45) is 0 Å². The second-order valence-corrected chi connectivity index (χ2v) is 6.24. The van der Waals surface area contributed by atoms with Crippen LogP contribution in [-0.4, -0.2) is 44.2 Å². The van der Waals surface area contributed by atoms with Crippen LogP contribution in [-0.2, 0) is 0 Å². The maximum atomic E-state index is 6.18. The Hall–Kier alpha value is -0.930. The van der Waals surface area contributed by atoms with Crippen LogP contribution in [0.1, 0.15) is 25.7 Å². The van der Waals surface area contributed by atoms with Gasteiger partial charge in [-0.1, -0.05) is 18.0 Å². The molecule has 3 nitrogen and oxygen atoms in total. The molecule has 2 saturated heterocycles. The van der Waals surface area contributed by atoms with Crippen molar-refractivity contribution >= 4 is 17.3 Å². The molecular formula is C16H23ClN2O. The molecule has 3 rings (SSSR count). The number of nitrogens with zero attached hydrogens (tertiary/aromatic N) is 2. The van der Waals surface area contributed by atoms with Crippen molar-refractivity contribution in [3.63, 3.8) is 0 Å². The van der Waals surface area contributed by atoms with Crippen LogP contribution in [0.15, 0.2) is 18.2 Å². The molecule has 2 aliphatic heterocycles. The van der Waals surface area contributed by atoms with Gasteiger partial charge in [0.25, 0.3) is 0 Å². The van der Waals surface area contributed by atoms with Gasteiger partial charge in [-0.05, 0) is 44.0 Å². The summed E-state index contributed by atoms with van der Waals surface area (Å²) < 4.78 is 5.52. The summed E-state index contributed by atoms with van der Waals surface area (Å²) >= 11 is 6.18. The number of piperidine rings is 1. The molecular weight excluding hydrogens is 272 g/mol. The van der Waals surface area contributed by atoms with Gasteiger partial charge in [-0.15, -0.1) is 0 Å². The van der Waals surface area contributed by atoms with Gasteiger partial charge in [0.2, 0.25) is 0 Å². The quantitative estimate of drug-likeness (QED) is 0.831. The van der Waals surface area contributed by atoms with E-state index in [-0.39, 0.29) is 0 Å². The third-order valence-corrected chi connectivity index (χ3v) is 4.77. The SMILES string of the molecule is COc1ccc(Cl)cc1N1CCCN2CCCCC2C1. The van der Waals surface area contributed by atoms with Crippen LogP contribution in [0.4, 0.5) is 5.69 Å². The van der Waals surface area contributed by atoms with Crippen LogP contribution in [0.25, 0.3) is 0 Å². The van der Waals surface area contributed by atoms with Gasteiger partial charge in [-0.25, -0.2) is 0 Å². The fourth-order valence-corrected chi connectivity index (χ4v) is 3.67. The molecule has 0 bridgehead atoms. The Morgan fingerprint density at radius 1 is 1.15 bits per heavy atom. The highest BCUT2D eigenvalue weighted by Gasteiger charge is 2.28. The number of anilines is 1. The molecule has 2 aliphatic rings. The Kier molecular flexibility index (Phi) is 4.37. The number of fused-ring (bicyclic) bond motifs is 1. The first kappa shape index (κ1) is 14.0. The van der Waals surface area contributed by atoms with E-state index in [9.17, 15) is 0 Å². The molecule has 0 spiro atoms. The van der Waals surface area contributed by atoms with Gasteiger partial charge in [0.1, 0.15) is 5.75 Å². The van der Waals surface area contributed by atoms with Crippen molar-refractivity contribution < 1.29 is 4.74 Å². The summed E-state index contributed by atoms with van der Waals surface area (Å²) in [6.07, 6.45) is 5.25. The fourth-order valence-electron chi connectivity index (χ4n) is 3.50. The Labute approximate surface area is 126 Å². The molecule has 0 radical (unpaired) electrons. The molecule has 110 valence electrons. The van der Waals surface area contributed by atoms with E-state index in [1.165, 1.54) is 38.8 Å². The fraction of sp³-hybridized carbons (Fsp3) is 0.625.